The van der Waals surface area contributed by atoms with Crippen LogP contribution < -0.4 is 0 Å². The van der Waals surface area contributed by atoms with Gasteiger partial charge in [-0.3, -0.25) is 0 Å². The van der Waals surface area contributed by atoms with Crippen LogP contribution in [0.3, 0.4) is 0 Å². The fourth-order valence-electron chi connectivity index (χ4n) is 1.67. The molecule has 0 aliphatic rings. The van der Waals surface area contributed by atoms with Gasteiger partial charge in [-0.15, -0.1) is 0 Å². The SMILES string of the molecule is OC(F)(C(F)=C(F)F)C(F)(F)C(F)(C(F)(F)F)C(O)(F)C(F)(F)C(F)(F)C(F)(F)F. The molecule has 2 nitrogen and oxygen atoms in total. The molecule has 0 aromatic heterocycles. The van der Waals surface area contributed by atoms with Crippen LogP contribution in [0.4, 0.5) is 79.0 Å². The maximum Gasteiger partial charge on any atom is 0.460 e. The van der Waals surface area contributed by atoms with Gasteiger partial charge in [0.05, 0.1) is 0 Å². The fraction of sp³-hybridized carbons (Fsp3) is 0.800. The number of alkyl halides is 15. The molecule has 3 atom stereocenters. The van der Waals surface area contributed by atoms with Gasteiger partial charge in [-0.2, -0.15) is 70.2 Å². The Bertz CT molecular complexity index is 680. The Kier molecular flexibility index (Phi) is 6.58. The Balaban J connectivity index is 7.39. The van der Waals surface area contributed by atoms with Crippen molar-refractivity contribution in [2.75, 3.05) is 0 Å². The van der Waals surface area contributed by atoms with E-state index < -0.39 is 59.4 Å². The van der Waals surface area contributed by atoms with Crippen molar-refractivity contribution in [1.29, 1.82) is 0 Å². The van der Waals surface area contributed by atoms with E-state index in [2.05, 4.69) is 0 Å². The second-order valence-electron chi connectivity index (χ2n) is 5.20. The zero-order chi connectivity index (χ0) is 25.2. The molecule has 0 amide bonds. The van der Waals surface area contributed by atoms with E-state index >= 15 is 0 Å². The molecule has 0 aliphatic heterocycles. The van der Waals surface area contributed by atoms with Crippen molar-refractivity contribution in [3.05, 3.63) is 11.9 Å². The van der Waals surface area contributed by atoms with Crippen molar-refractivity contribution in [2.45, 2.75) is 47.5 Å². The highest BCUT2D eigenvalue weighted by Crippen LogP contribution is 2.64. The summed E-state index contributed by atoms with van der Waals surface area (Å²) in [7, 11) is 0. The van der Waals surface area contributed by atoms with Crippen molar-refractivity contribution in [3.8, 4) is 0 Å². The van der Waals surface area contributed by atoms with Gasteiger partial charge in [0.2, 0.25) is 5.83 Å². The van der Waals surface area contributed by atoms with Gasteiger partial charge in [-0.25, -0.2) is 8.78 Å². The van der Waals surface area contributed by atoms with Crippen LogP contribution in [-0.4, -0.2) is 57.7 Å². The van der Waals surface area contributed by atoms with Crippen molar-refractivity contribution in [1.82, 2.24) is 0 Å². The molecule has 0 aliphatic carbocycles. The minimum atomic E-state index is -8.82. The normalized spacial score (nSPS) is 20.8. The van der Waals surface area contributed by atoms with Crippen LogP contribution in [-0.2, 0) is 0 Å². The first kappa shape index (κ1) is 28.4. The highest BCUT2D eigenvalue weighted by Gasteiger charge is 2.97. The topological polar surface area (TPSA) is 40.5 Å². The van der Waals surface area contributed by atoms with Gasteiger partial charge in [0, 0.05) is 0 Å². The summed E-state index contributed by atoms with van der Waals surface area (Å²) in [6.45, 7) is 0. The van der Waals surface area contributed by atoms with Crippen LogP contribution in [0, 0.1) is 0 Å². The monoisotopic (exact) mass is 496 g/mol. The lowest BCUT2D eigenvalue weighted by Crippen LogP contribution is -2.80. The van der Waals surface area contributed by atoms with Crippen LogP contribution in [0.2, 0.25) is 0 Å². The second kappa shape index (κ2) is 6.95. The number of halogens is 18. The average molecular weight is 496 g/mol. The van der Waals surface area contributed by atoms with Crippen LogP contribution in [0.5, 0.6) is 0 Å². The summed E-state index contributed by atoms with van der Waals surface area (Å²) in [4.78, 5) is 0. The van der Waals surface area contributed by atoms with Gasteiger partial charge in [0.15, 0.2) is 0 Å². The number of hydrogen-bond donors (Lipinski definition) is 2. The van der Waals surface area contributed by atoms with Gasteiger partial charge in [-0.05, 0) is 0 Å². The third kappa shape index (κ3) is 3.34. The Morgan fingerprint density at radius 3 is 1.03 bits per heavy atom. The van der Waals surface area contributed by atoms with Crippen LogP contribution in [0.25, 0.3) is 0 Å². The van der Waals surface area contributed by atoms with E-state index in [-0.39, 0.29) is 0 Å². The van der Waals surface area contributed by atoms with E-state index in [1.54, 1.807) is 0 Å². The summed E-state index contributed by atoms with van der Waals surface area (Å²) in [6.07, 6.45) is -20.9. The molecule has 3 unspecified atom stereocenters. The first-order valence-electron chi connectivity index (χ1n) is 6.10. The average Bonchev–Trinajstić information content (AvgIpc) is 2.49. The molecule has 0 heterocycles. The molecule has 0 saturated carbocycles. The third-order valence-electron chi connectivity index (χ3n) is 3.32. The maximum atomic E-state index is 13.9. The quantitative estimate of drug-likeness (QED) is 0.502. The van der Waals surface area contributed by atoms with Gasteiger partial charge < -0.3 is 10.2 Å². The summed E-state index contributed by atoms with van der Waals surface area (Å²) in [5.41, 5.74) is -8.82. The van der Waals surface area contributed by atoms with Crippen molar-refractivity contribution >= 4 is 0 Å². The maximum absolute atomic E-state index is 13.9. The minimum absolute atomic E-state index is 4.57. The number of rotatable bonds is 6. The molecular weight excluding hydrogens is 494 g/mol. The highest BCUT2D eigenvalue weighted by molar-refractivity contribution is 5.24. The first-order chi connectivity index (χ1) is 12.6. The summed E-state index contributed by atoms with van der Waals surface area (Å²) in [5, 5.41) is 16.4. The lowest BCUT2D eigenvalue weighted by molar-refractivity contribution is -0.483. The predicted octanol–water partition coefficient (Wildman–Crippen LogP) is 5.12. The lowest BCUT2D eigenvalue weighted by Gasteiger charge is -2.47. The lowest BCUT2D eigenvalue weighted by atomic mass is 9.79. The van der Waals surface area contributed by atoms with Crippen molar-refractivity contribution in [2.24, 2.45) is 0 Å². The summed E-state index contributed by atoms with van der Waals surface area (Å²) in [6, 6.07) is 0. The Labute approximate surface area is 150 Å². The van der Waals surface area contributed by atoms with E-state index in [9.17, 15) is 79.0 Å². The van der Waals surface area contributed by atoms with E-state index in [1.165, 1.54) is 0 Å². The Hall–Kier alpha value is -1.60. The molecule has 0 spiro atoms. The van der Waals surface area contributed by atoms with E-state index in [0.29, 0.717) is 0 Å². The number of hydrogen-bond acceptors (Lipinski definition) is 2. The molecule has 0 saturated heterocycles. The summed E-state index contributed by atoms with van der Waals surface area (Å²) < 4.78 is 229. The molecule has 0 fully saturated rings. The van der Waals surface area contributed by atoms with Gasteiger partial charge >= 0.3 is 53.6 Å². The smallest absolute Gasteiger partial charge is 0.354 e. The second-order valence-corrected chi connectivity index (χ2v) is 5.20. The van der Waals surface area contributed by atoms with Crippen molar-refractivity contribution < 1.29 is 89.2 Å². The molecule has 0 aromatic carbocycles. The molecule has 20 heteroatoms. The number of aliphatic hydroxyl groups is 2. The molecule has 2 N–H and O–H groups in total. The molecule has 0 radical (unpaired) electrons. The van der Waals surface area contributed by atoms with Gasteiger partial charge in [0.25, 0.3) is 0 Å². The first-order valence-corrected chi connectivity index (χ1v) is 6.10. The van der Waals surface area contributed by atoms with Crippen molar-refractivity contribution in [3.63, 3.8) is 0 Å². The third-order valence-corrected chi connectivity index (χ3v) is 3.32. The molecule has 0 rings (SSSR count). The molecule has 30 heavy (non-hydrogen) atoms. The largest absolute Gasteiger partial charge is 0.460 e. The predicted molar refractivity (Wildman–Crippen MR) is 53.3 cm³/mol. The molecular formula is C10H2F18O2. The summed E-state index contributed by atoms with van der Waals surface area (Å²) in [5.74, 6) is -46.4. The van der Waals surface area contributed by atoms with Gasteiger partial charge in [-0.1, -0.05) is 0 Å². The highest BCUT2D eigenvalue weighted by atomic mass is 19.4. The van der Waals surface area contributed by atoms with Crippen LogP contribution in [0.1, 0.15) is 0 Å². The Morgan fingerprint density at radius 2 is 0.800 bits per heavy atom. The minimum Gasteiger partial charge on any atom is -0.354 e. The van der Waals surface area contributed by atoms with Crippen LogP contribution in [0.15, 0.2) is 11.9 Å². The zero-order valence-corrected chi connectivity index (χ0v) is 12.7. The van der Waals surface area contributed by atoms with Gasteiger partial charge in [0.1, 0.15) is 0 Å². The van der Waals surface area contributed by atoms with Crippen LogP contribution >= 0.6 is 0 Å². The molecule has 180 valence electrons. The molecule has 0 aromatic rings. The van der Waals surface area contributed by atoms with E-state index in [4.69, 9.17) is 10.2 Å². The van der Waals surface area contributed by atoms with E-state index in [1.807, 2.05) is 0 Å². The Morgan fingerprint density at radius 1 is 0.467 bits per heavy atom. The standard InChI is InChI=1S/C10H2F18O2/c11-1(2(12)13)3(14,29)5(16,17)4(15,9(23,24)25)8(22,30)6(18,19)7(20,21)10(26,27)28/h29-30H. The summed E-state index contributed by atoms with van der Waals surface area (Å²) >= 11 is 0. The zero-order valence-electron chi connectivity index (χ0n) is 12.7. The van der Waals surface area contributed by atoms with E-state index in [0.717, 1.165) is 0 Å². The fourth-order valence-corrected chi connectivity index (χ4v) is 1.67. The molecule has 0 bridgehead atoms.